The van der Waals surface area contributed by atoms with Crippen molar-refractivity contribution in [2.45, 2.75) is 17.6 Å². The summed E-state index contributed by atoms with van der Waals surface area (Å²) in [4.78, 5) is 0. The smallest absolute Gasteiger partial charge is 0.422 e. The summed E-state index contributed by atoms with van der Waals surface area (Å²) in [5, 5.41) is 10.9. The molecule has 1 unspecified atom stereocenters. The van der Waals surface area contributed by atoms with Gasteiger partial charge in [0, 0.05) is 24.3 Å². The third-order valence-electron chi connectivity index (χ3n) is 4.15. The molecule has 0 amide bonds. The molecule has 8 heteroatoms. The van der Waals surface area contributed by atoms with Crippen LogP contribution in [-0.4, -0.2) is 31.4 Å². The molecule has 0 aromatic heterocycles. The van der Waals surface area contributed by atoms with E-state index in [2.05, 4.69) is 4.74 Å². The fraction of sp³-hybridized carbons (Fsp3) is 0.294. The number of hydrogen-bond acceptors (Lipinski definition) is 4. The van der Waals surface area contributed by atoms with Crippen LogP contribution in [0.3, 0.4) is 0 Å². The van der Waals surface area contributed by atoms with Crippen molar-refractivity contribution in [1.82, 2.24) is 0 Å². The van der Waals surface area contributed by atoms with Gasteiger partial charge in [0.05, 0.1) is 7.11 Å². The van der Waals surface area contributed by atoms with E-state index in [4.69, 9.17) is 9.47 Å². The summed E-state index contributed by atoms with van der Waals surface area (Å²) < 4.78 is 71.6. The highest BCUT2D eigenvalue weighted by molar-refractivity contribution is 5.59. The molecule has 3 rings (SSSR count). The molecule has 1 N–H and O–H groups in total. The van der Waals surface area contributed by atoms with Gasteiger partial charge in [-0.3, -0.25) is 0 Å². The largest absolute Gasteiger partial charge is 0.497 e. The number of fused-ring (bicyclic) bond motifs is 2. The van der Waals surface area contributed by atoms with Crippen molar-refractivity contribution >= 4 is 0 Å². The maximum Gasteiger partial charge on any atom is 0.422 e. The van der Waals surface area contributed by atoms with E-state index in [1.54, 1.807) is 0 Å². The molecule has 1 aliphatic rings. The van der Waals surface area contributed by atoms with Gasteiger partial charge >= 0.3 is 12.0 Å². The summed E-state index contributed by atoms with van der Waals surface area (Å²) in [5.41, 5.74) is -4.38. The zero-order chi connectivity index (χ0) is 18.5. The predicted octanol–water partition coefficient (Wildman–Crippen LogP) is 3.91. The number of hydrogen-bond donors (Lipinski definition) is 1. The van der Waals surface area contributed by atoms with Crippen molar-refractivity contribution in [2.75, 3.05) is 14.2 Å². The summed E-state index contributed by atoms with van der Waals surface area (Å²) in [6.45, 7) is 0. The van der Waals surface area contributed by atoms with Gasteiger partial charge in [0.2, 0.25) is 0 Å². The van der Waals surface area contributed by atoms with E-state index >= 15 is 0 Å². The van der Waals surface area contributed by atoms with Gasteiger partial charge in [0.25, 0.3) is 0 Å². The zero-order valence-electron chi connectivity index (χ0n) is 13.2. The van der Waals surface area contributed by atoms with Gasteiger partial charge in [-0.25, -0.2) is 0 Å². The monoisotopic (exact) mass is 358 g/mol. The third-order valence-corrected chi connectivity index (χ3v) is 4.15. The highest BCUT2D eigenvalue weighted by atomic mass is 19.3. The number of para-hydroxylation sites is 1. The first-order valence-corrected chi connectivity index (χ1v) is 7.18. The first-order chi connectivity index (χ1) is 11.7. The number of halogens is 4. The summed E-state index contributed by atoms with van der Waals surface area (Å²) in [7, 11) is 1.79. The van der Waals surface area contributed by atoms with Crippen LogP contribution in [0.25, 0.3) is 0 Å². The first kappa shape index (κ1) is 17.5. The minimum absolute atomic E-state index is 0.169. The topological polar surface area (TPSA) is 47.9 Å². The second kappa shape index (κ2) is 5.60. The van der Waals surface area contributed by atoms with Crippen LogP contribution in [0.15, 0.2) is 42.5 Å². The van der Waals surface area contributed by atoms with E-state index in [1.165, 1.54) is 37.4 Å². The highest BCUT2D eigenvalue weighted by Crippen LogP contribution is 2.58. The lowest BCUT2D eigenvalue weighted by Crippen LogP contribution is -2.58. The van der Waals surface area contributed by atoms with Crippen molar-refractivity contribution in [3.05, 3.63) is 53.6 Å². The van der Waals surface area contributed by atoms with Crippen LogP contribution in [0, 0.1) is 0 Å². The predicted molar refractivity (Wildman–Crippen MR) is 79.4 cm³/mol. The summed E-state index contributed by atoms with van der Waals surface area (Å²) in [6.07, 6.45) is -4.93. The Kier molecular flexibility index (Phi) is 3.92. The van der Waals surface area contributed by atoms with Gasteiger partial charge in [-0.15, -0.1) is 0 Å². The second-order valence-electron chi connectivity index (χ2n) is 5.47. The van der Waals surface area contributed by atoms with E-state index in [9.17, 15) is 22.7 Å². The third kappa shape index (κ3) is 2.28. The van der Waals surface area contributed by atoms with E-state index in [1.807, 2.05) is 0 Å². The average Bonchev–Trinajstić information content (AvgIpc) is 2.61. The molecule has 0 spiro atoms. The van der Waals surface area contributed by atoms with E-state index in [0.717, 1.165) is 12.1 Å². The van der Waals surface area contributed by atoms with Crippen LogP contribution >= 0.6 is 0 Å². The van der Waals surface area contributed by atoms with Crippen LogP contribution < -0.4 is 9.47 Å². The normalized spacial score (nSPS) is 19.6. The quantitative estimate of drug-likeness (QED) is 0.842. The van der Waals surface area contributed by atoms with Crippen LogP contribution in [0.2, 0.25) is 0 Å². The maximum atomic E-state index is 14.8. The van der Waals surface area contributed by atoms with Gasteiger partial charge in [-0.1, -0.05) is 18.2 Å². The molecule has 1 aliphatic heterocycles. The van der Waals surface area contributed by atoms with Gasteiger partial charge < -0.3 is 19.3 Å². The molecule has 0 saturated carbocycles. The second-order valence-corrected chi connectivity index (χ2v) is 5.47. The van der Waals surface area contributed by atoms with Gasteiger partial charge in [0.15, 0.2) is 5.60 Å². The van der Waals surface area contributed by atoms with Crippen LogP contribution in [-0.2, 0) is 10.3 Å². The van der Waals surface area contributed by atoms with Crippen molar-refractivity contribution in [3.63, 3.8) is 0 Å². The van der Waals surface area contributed by atoms with Crippen LogP contribution in [0.5, 0.6) is 17.2 Å². The maximum absolute atomic E-state index is 14.8. The van der Waals surface area contributed by atoms with Gasteiger partial charge in [0.1, 0.15) is 17.2 Å². The number of benzene rings is 2. The minimum atomic E-state index is -4.99. The lowest BCUT2D eigenvalue weighted by Gasteiger charge is -2.42. The molecule has 25 heavy (non-hydrogen) atoms. The fourth-order valence-corrected chi connectivity index (χ4v) is 2.81. The van der Waals surface area contributed by atoms with Crippen LogP contribution in [0.4, 0.5) is 17.6 Å². The zero-order valence-corrected chi connectivity index (χ0v) is 13.2. The summed E-state index contributed by atoms with van der Waals surface area (Å²) in [5.74, 6) is -5.12. The molecule has 134 valence electrons. The Hall–Kier alpha value is -2.32. The molecule has 1 atom stereocenters. The Labute approximate surface area is 140 Å². The van der Waals surface area contributed by atoms with Crippen molar-refractivity contribution in [1.29, 1.82) is 0 Å². The molecule has 0 radical (unpaired) electrons. The minimum Gasteiger partial charge on any atom is -0.497 e. The molecular weight excluding hydrogens is 344 g/mol. The molecule has 1 heterocycles. The Morgan fingerprint density at radius 3 is 2.24 bits per heavy atom. The number of alkyl halides is 4. The van der Waals surface area contributed by atoms with Crippen molar-refractivity contribution < 1.29 is 36.9 Å². The van der Waals surface area contributed by atoms with Gasteiger partial charge in [-0.05, 0) is 18.2 Å². The molecule has 4 nitrogen and oxygen atoms in total. The van der Waals surface area contributed by atoms with E-state index < -0.39 is 28.8 Å². The molecular formula is C17H14F4O4. The molecule has 2 aromatic rings. The average molecular weight is 358 g/mol. The number of methoxy groups -OCH3 is 2. The number of ether oxygens (including phenoxy) is 3. The van der Waals surface area contributed by atoms with E-state index in [-0.39, 0.29) is 17.2 Å². The van der Waals surface area contributed by atoms with E-state index in [0.29, 0.717) is 7.11 Å². The number of aliphatic hydroxyl groups is 1. The molecule has 0 bridgehead atoms. The van der Waals surface area contributed by atoms with Crippen molar-refractivity contribution in [3.8, 4) is 17.2 Å². The summed E-state index contributed by atoms with van der Waals surface area (Å²) >= 11 is 0. The Morgan fingerprint density at radius 2 is 1.60 bits per heavy atom. The SMILES string of the molecule is COc1ccc2c(c1)Oc1ccccc1C2(O)C(F)(F)C(F)(F)OC. The molecule has 2 aromatic carbocycles. The summed E-state index contributed by atoms with van der Waals surface area (Å²) in [6, 6.07) is 8.76. The molecule has 0 aliphatic carbocycles. The fourth-order valence-electron chi connectivity index (χ4n) is 2.81. The first-order valence-electron chi connectivity index (χ1n) is 7.18. The highest BCUT2D eigenvalue weighted by Gasteiger charge is 2.72. The van der Waals surface area contributed by atoms with Gasteiger partial charge in [-0.2, -0.15) is 17.6 Å². The number of rotatable bonds is 4. The standard InChI is InChI=1S/C17H14F4O4/c1-23-10-7-8-12-14(9-10)25-13-6-4-3-5-11(13)15(12,22)16(18,19)17(20,21)24-2/h3-9,22H,1-2H3. The van der Waals surface area contributed by atoms with Crippen molar-refractivity contribution in [2.24, 2.45) is 0 Å². The lowest BCUT2D eigenvalue weighted by atomic mass is 9.78. The lowest BCUT2D eigenvalue weighted by molar-refractivity contribution is -0.378. The molecule has 0 fully saturated rings. The Bertz CT molecular complexity index is 809. The Balaban J connectivity index is 2.33. The Morgan fingerprint density at radius 1 is 0.960 bits per heavy atom. The van der Waals surface area contributed by atoms with Crippen LogP contribution in [0.1, 0.15) is 11.1 Å². The molecule has 0 saturated heterocycles.